The average Bonchev–Trinajstić information content (AvgIpc) is 2.53. The first-order chi connectivity index (χ1) is 11.4. The highest BCUT2D eigenvalue weighted by Gasteiger charge is 2.37. The number of alkyl halides is 3. The van der Waals surface area contributed by atoms with Crippen LogP contribution in [-0.2, 0) is 6.18 Å². The molecule has 0 saturated carbocycles. The second kappa shape index (κ2) is 6.68. The van der Waals surface area contributed by atoms with E-state index >= 15 is 0 Å². The van der Waals surface area contributed by atoms with Crippen molar-refractivity contribution < 1.29 is 18.0 Å². The van der Waals surface area contributed by atoms with Gasteiger partial charge in [0, 0.05) is 51.5 Å². The van der Waals surface area contributed by atoms with Gasteiger partial charge in [-0.3, -0.25) is 14.7 Å². The van der Waals surface area contributed by atoms with E-state index in [9.17, 15) is 18.0 Å². The maximum Gasteiger partial charge on any atom is 0.433 e. The number of rotatable bonds is 3. The summed E-state index contributed by atoms with van der Waals surface area (Å²) < 4.78 is 37.5. The fourth-order valence-electron chi connectivity index (χ4n) is 3.17. The minimum absolute atomic E-state index is 0.206. The number of carbonyl (C=O) groups excluding carboxylic acids is 1. The Labute approximate surface area is 139 Å². The van der Waals surface area contributed by atoms with Crippen LogP contribution < -0.4 is 0 Å². The Morgan fingerprint density at radius 1 is 1.21 bits per heavy atom. The molecular weight excluding hydrogens is 321 g/mol. The largest absolute Gasteiger partial charge is 0.433 e. The molecule has 0 unspecified atom stereocenters. The Balaban J connectivity index is 1.51. The number of nitrogens with zero attached hydrogens (tertiary/aromatic N) is 4. The summed E-state index contributed by atoms with van der Waals surface area (Å²) in [5, 5.41) is 0. The molecule has 2 aliphatic heterocycles. The lowest BCUT2D eigenvalue weighted by atomic mass is 10.0. The molecule has 0 radical (unpaired) electrons. The number of pyridine rings is 1. The summed E-state index contributed by atoms with van der Waals surface area (Å²) in [5.41, 5.74) is -0.772. The van der Waals surface area contributed by atoms with E-state index in [2.05, 4.69) is 21.7 Å². The van der Waals surface area contributed by atoms with Crippen molar-refractivity contribution in [1.82, 2.24) is 19.7 Å². The van der Waals surface area contributed by atoms with Crippen LogP contribution in [0.15, 0.2) is 18.3 Å². The summed E-state index contributed by atoms with van der Waals surface area (Å²) in [6.07, 6.45) is -3.47. The summed E-state index contributed by atoms with van der Waals surface area (Å²) in [5.74, 6) is -0.250. The summed E-state index contributed by atoms with van der Waals surface area (Å²) >= 11 is 0. The Morgan fingerprint density at radius 2 is 1.88 bits per heavy atom. The predicted octanol–water partition coefficient (Wildman–Crippen LogP) is 1.56. The molecule has 0 atom stereocenters. The molecule has 0 aromatic carbocycles. The molecule has 2 fully saturated rings. The predicted molar refractivity (Wildman–Crippen MR) is 82.6 cm³/mol. The molecular formula is C16H21F3N4O. The van der Waals surface area contributed by atoms with Crippen LogP contribution in [0, 0.1) is 0 Å². The van der Waals surface area contributed by atoms with E-state index in [-0.39, 0.29) is 11.5 Å². The van der Waals surface area contributed by atoms with Crippen molar-refractivity contribution in [3.8, 4) is 0 Å². The van der Waals surface area contributed by atoms with Gasteiger partial charge >= 0.3 is 6.18 Å². The van der Waals surface area contributed by atoms with Crippen molar-refractivity contribution in [3.05, 3.63) is 29.6 Å². The highest BCUT2D eigenvalue weighted by atomic mass is 19.4. The van der Waals surface area contributed by atoms with E-state index in [4.69, 9.17) is 0 Å². The van der Waals surface area contributed by atoms with E-state index in [1.165, 1.54) is 6.07 Å². The van der Waals surface area contributed by atoms with Gasteiger partial charge in [0.25, 0.3) is 5.91 Å². The normalized spacial score (nSPS) is 20.9. The maximum absolute atomic E-state index is 12.5. The molecule has 1 aromatic rings. The van der Waals surface area contributed by atoms with Crippen molar-refractivity contribution in [1.29, 1.82) is 0 Å². The molecule has 5 nitrogen and oxygen atoms in total. The highest BCUT2D eigenvalue weighted by molar-refractivity contribution is 5.94. The lowest BCUT2D eigenvalue weighted by Gasteiger charge is -2.48. The lowest BCUT2D eigenvalue weighted by Crippen LogP contribution is -2.64. The van der Waals surface area contributed by atoms with Crippen LogP contribution in [0.5, 0.6) is 0 Å². The van der Waals surface area contributed by atoms with E-state index < -0.39 is 11.9 Å². The van der Waals surface area contributed by atoms with Gasteiger partial charge in [0.2, 0.25) is 0 Å². The second-order valence-corrected chi connectivity index (χ2v) is 6.26. The van der Waals surface area contributed by atoms with Crippen LogP contribution in [0.1, 0.15) is 23.0 Å². The van der Waals surface area contributed by atoms with Gasteiger partial charge in [0.05, 0.1) is 5.56 Å². The number of likely N-dealkylation sites (tertiary alicyclic amines) is 1. The first-order valence-corrected chi connectivity index (χ1v) is 8.17. The molecule has 1 amide bonds. The van der Waals surface area contributed by atoms with Gasteiger partial charge in [-0.1, -0.05) is 6.92 Å². The van der Waals surface area contributed by atoms with Gasteiger partial charge in [-0.05, 0) is 18.7 Å². The van der Waals surface area contributed by atoms with Crippen LogP contribution in [0.4, 0.5) is 13.2 Å². The number of hydrogen-bond donors (Lipinski definition) is 0. The molecule has 2 aliphatic rings. The van der Waals surface area contributed by atoms with Crippen LogP contribution in [-0.4, -0.2) is 77.4 Å². The Kier molecular flexibility index (Phi) is 4.78. The average molecular weight is 342 g/mol. The van der Waals surface area contributed by atoms with Gasteiger partial charge in [-0.2, -0.15) is 13.2 Å². The van der Waals surface area contributed by atoms with Crippen LogP contribution in [0.3, 0.4) is 0 Å². The SMILES string of the molecule is CCN1CCN(C2CN(C(=O)c3ccc(C(F)(F)F)nc3)C2)CC1. The topological polar surface area (TPSA) is 39.7 Å². The number of aromatic nitrogens is 1. The molecule has 3 heterocycles. The number of halogens is 3. The highest BCUT2D eigenvalue weighted by Crippen LogP contribution is 2.27. The van der Waals surface area contributed by atoms with Gasteiger partial charge in [-0.15, -0.1) is 0 Å². The first-order valence-electron chi connectivity index (χ1n) is 8.17. The Hall–Kier alpha value is -1.67. The number of amides is 1. The van der Waals surface area contributed by atoms with Crippen LogP contribution in [0.2, 0.25) is 0 Å². The molecule has 0 aliphatic carbocycles. The number of likely N-dealkylation sites (N-methyl/N-ethyl adjacent to an activating group) is 1. The minimum Gasteiger partial charge on any atom is -0.335 e. The van der Waals surface area contributed by atoms with Gasteiger partial charge in [0.1, 0.15) is 5.69 Å². The summed E-state index contributed by atoms with van der Waals surface area (Å²) in [7, 11) is 0. The molecule has 2 saturated heterocycles. The second-order valence-electron chi connectivity index (χ2n) is 6.26. The monoisotopic (exact) mass is 342 g/mol. The number of hydrogen-bond acceptors (Lipinski definition) is 4. The van der Waals surface area contributed by atoms with E-state index in [1.54, 1.807) is 4.90 Å². The molecule has 1 aromatic heterocycles. The third-order valence-corrected chi connectivity index (χ3v) is 4.82. The molecule has 0 bridgehead atoms. The summed E-state index contributed by atoms with van der Waals surface area (Å²) in [4.78, 5) is 22.1. The molecule has 0 N–H and O–H groups in total. The minimum atomic E-state index is -4.48. The fraction of sp³-hybridized carbons (Fsp3) is 0.625. The van der Waals surface area contributed by atoms with Crippen molar-refractivity contribution in [2.45, 2.75) is 19.1 Å². The standard InChI is InChI=1S/C16H21F3N4O/c1-2-21-5-7-22(8-6-21)13-10-23(11-13)15(24)12-3-4-14(20-9-12)16(17,18)19/h3-4,9,13H,2,5-8,10-11H2,1H3. The van der Waals surface area contributed by atoms with Gasteiger partial charge in [0.15, 0.2) is 0 Å². The maximum atomic E-state index is 12.5. The lowest BCUT2D eigenvalue weighted by molar-refractivity contribution is -0.141. The quantitative estimate of drug-likeness (QED) is 0.836. The van der Waals surface area contributed by atoms with Crippen LogP contribution >= 0.6 is 0 Å². The Morgan fingerprint density at radius 3 is 2.38 bits per heavy atom. The number of piperazine rings is 1. The van der Waals surface area contributed by atoms with Crippen molar-refractivity contribution in [3.63, 3.8) is 0 Å². The van der Waals surface area contributed by atoms with Crippen LogP contribution in [0.25, 0.3) is 0 Å². The van der Waals surface area contributed by atoms with Crippen molar-refractivity contribution in [2.24, 2.45) is 0 Å². The molecule has 24 heavy (non-hydrogen) atoms. The zero-order valence-corrected chi connectivity index (χ0v) is 13.6. The van der Waals surface area contributed by atoms with Gasteiger partial charge < -0.3 is 9.80 Å². The first kappa shape index (κ1) is 17.2. The van der Waals surface area contributed by atoms with E-state index in [1.807, 2.05) is 0 Å². The molecule has 3 rings (SSSR count). The van der Waals surface area contributed by atoms with Crippen molar-refractivity contribution >= 4 is 5.91 Å². The fourth-order valence-corrected chi connectivity index (χ4v) is 3.17. The smallest absolute Gasteiger partial charge is 0.335 e. The third-order valence-electron chi connectivity index (χ3n) is 4.82. The summed E-state index contributed by atoms with van der Waals surface area (Å²) in [6, 6.07) is 2.41. The zero-order valence-electron chi connectivity index (χ0n) is 13.6. The van der Waals surface area contributed by atoms with Gasteiger partial charge in [-0.25, -0.2) is 0 Å². The van der Waals surface area contributed by atoms with E-state index in [0.717, 1.165) is 45.0 Å². The zero-order chi connectivity index (χ0) is 17.3. The van der Waals surface area contributed by atoms with E-state index in [0.29, 0.717) is 19.1 Å². The van der Waals surface area contributed by atoms with Crippen molar-refractivity contribution in [2.75, 3.05) is 45.8 Å². The molecule has 132 valence electrons. The third kappa shape index (κ3) is 3.54. The Bertz CT molecular complexity index is 576. The molecule has 0 spiro atoms. The molecule has 8 heteroatoms. The summed E-state index contributed by atoms with van der Waals surface area (Å²) in [6.45, 7) is 8.57. The number of carbonyl (C=O) groups is 1.